The Bertz CT molecular complexity index is 386. The predicted octanol–water partition coefficient (Wildman–Crippen LogP) is 1.88. The van der Waals surface area contributed by atoms with E-state index >= 15 is 0 Å². The van der Waals surface area contributed by atoms with Crippen molar-refractivity contribution in [3.63, 3.8) is 0 Å². The Hall–Kier alpha value is -1.68. The van der Waals surface area contributed by atoms with Crippen LogP contribution in [0.5, 0.6) is 0 Å². The fraction of sp³-hybridized carbons (Fsp3) is 0.200. The average Bonchev–Trinajstić information content (AvgIpc) is 2.15. The van der Waals surface area contributed by atoms with Crippen molar-refractivity contribution < 1.29 is 4.92 Å². The highest BCUT2D eigenvalue weighted by Crippen LogP contribution is 2.21. The normalized spacial score (nSPS) is 9.86. The van der Waals surface area contributed by atoms with Gasteiger partial charge in [-0.15, -0.1) is 0 Å². The second-order valence-corrected chi connectivity index (χ2v) is 3.07. The third kappa shape index (κ3) is 1.97. The fourth-order valence-electron chi connectivity index (χ4n) is 1.20. The molecule has 0 heterocycles. The van der Waals surface area contributed by atoms with E-state index in [0.717, 1.165) is 11.1 Å². The van der Waals surface area contributed by atoms with Gasteiger partial charge in [0.05, 0.1) is 4.92 Å². The summed E-state index contributed by atoms with van der Waals surface area (Å²) in [5.41, 5.74) is 7.81. The third-order valence-electron chi connectivity index (χ3n) is 2.05. The van der Waals surface area contributed by atoms with Gasteiger partial charge in [0.15, 0.2) is 0 Å². The number of nitrogens with two attached hydrogens (primary N) is 1. The van der Waals surface area contributed by atoms with Crippen LogP contribution in [0.2, 0.25) is 0 Å². The number of rotatable bonds is 3. The quantitative estimate of drug-likeness (QED) is 0.587. The second kappa shape index (κ2) is 4.02. The molecular formula is C10H12N2O2. The van der Waals surface area contributed by atoms with Gasteiger partial charge in [-0.3, -0.25) is 10.1 Å². The Kier molecular flexibility index (Phi) is 2.99. The maximum Gasteiger partial charge on any atom is 0.272 e. The zero-order valence-corrected chi connectivity index (χ0v) is 7.99. The fourth-order valence-corrected chi connectivity index (χ4v) is 1.20. The van der Waals surface area contributed by atoms with E-state index in [9.17, 15) is 10.1 Å². The Morgan fingerprint density at radius 3 is 2.71 bits per heavy atom. The first-order valence-electron chi connectivity index (χ1n) is 4.19. The van der Waals surface area contributed by atoms with Crippen LogP contribution in [0.4, 0.5) is 5.69 Å². The lowest BCUT2D eigenvalue weighted by Crippen LogP contribution is -2.01. The van der Waals surface area contributed by atoms with Crippen LogP contribution in [0.1, 0.15) is 11.1 Å². The van der Waals surface area contributed by atoms with Gasteiger partial charge in [0, 0.05) is 18.2 Å². The molecule has 0 fully saturated rings. The van der Waals surface area contributed by atoms with Crippen molar-refractivity contribution in [3.8, 4) is 0 Å². The molecule has 1 aromatic rings. The van der Waals surface area contributed by atoms with Crippen LogP contribution in [0.25, 0.3) is 5.57 Å². The summed E-state index contributed by atoms with van der Waals surface area (Å²) in [7, 11) is 0. The minimum Gasteiger partial charge on any atom is -0.326 e. The molecule has 74 valence electrons. The average molecular weight is 192 g/mol. The molecule has 0 saturated carbocycles. The van der Waals surface area contributed by atoms with E-state index in [4.69, 9.17) is 5.73 Å². The van der Waals surface area contributed by atoms with Gasteiger partial charge in [-0.1, -0.05) is 6.58 Å². The van der Waals surface area contributed by atoms with Gasteiger partial charge >= 0.3 is 0 Å². The Labute approximate surface area is 82.2 Å². The third-order valence-corrected chi connectivity index (χ3v) is 2.05. The van der Waals surface area contributed by atoms with Crippen LogP contribution >= 0.6 is 0 Å². The maximum atomic E-state index is 10.5. The molecule has 14 heavy (non-hydrogen) atoms. The van der Waals surface area contributed by atoms with E-state index in [0.29, 0.717) is 12.1 Å². The summed E-state index contributed by atoms with van der Waals surface area (Å²) in [6.07, 6.45) is 0. The minimum absolute atomic E-state index is 0.124. The SMILES string of the molecule is C=C(CN)c1ccc([N+](=O)[O-])c(C)c1. The number of aryl methyl sites for hydroxylation is 1. The van der Waals surface area contributed by atoms with Crippen molar-refractivity contribution in [2.45, 2.75) is 6.92 Å². The molecule has 0 saturated heterocycles. The van der Waals surface area contributed by atoms with Gasteiger partial charge in [-0.2, -0.15) is 0 Å². The van der Waals surface area contributed by atoms with Gasteiger partial charge in [0.2, 0.25) is 0 Å². The molecule has 0 aliphatic carbocycles. The van der Waals surface area contributed by atoms with Crippen molar-refractivity contribution in [2.24, 2.45) is 5.73 Å². The van der Waals surface area contributed by atoms with Crippen LogP contribution in [-0.4, -0.2) is 11.5 Å². The van der Waals surface area contributed by atoms with E-state index < -0.39 is 4.92 Å². The van der Waals surface area contributed by atoms with E-state index in [1.54, 1.807) is 19.1 Å². The van der Waals surface area contributed by atoms with Crippen LogP contribution in [0.15, 0.2) is 24.8 Å². The minimum atomic E-state index is -0.398. The molecule has 2 N–H and O–H groups in total. The zero-order chi connectivity index (χ0) is 10.7. The molecule has 0 aliphatic rings. The zero-order valence-electron chi connectivity index (χ0n) is 7.99. The summed E-state index contributed by atoms with van der Waals surface area (Å²) in [4.78, 5) is 10.1. The molecular weight excluding hydrogens is 180 g/mol. The number of benzene rings is 1. The van der Waals surface area contributed by atoms with Crippen molar-refractivity contribution in [3.05, 3.63) is 46.0 Å². The van der Waals surface area contributed by atoms with Crippen molar-refractivity contribution >= 4 is 11.3 Å². The van der Waals surface area contributed by atoms with E-state index in [1.807, 2.05) is 0 Å². The van der Waals surface area contributed by atoms with Gasteiger partial charge in [-0.05, 0) is 30.2 Å². The van der Waals surface area contributed by atoms with Gasteiger partial charge in [-0.25, -0.2) is 0 Å². The number of nitrogens with zero attached hydrogens (tertiary/aromatic N) is 1. The lowest BCUT2D eigenvalue weighted by Gasteiger charge is -2.04. The van der Waals surface area contributed by atoms with Gasteiger partial charge in [0.25, 0.3) is 5.69 Å². The first-order chi connectivity index (χ1) is 6.56. The maximum absolute atomic E-state index is 10.5. The van der Waals surface area contributed by atoms with Crippen LogP contribution in [-0.2, 0) is 0 Å². The highest BCUT2D eigenvalue weighted by atomic mass is 16.6. The largest absolute Gasteiger partial charge is 0.326 e. The Morgan fingerprint density at radius 2 is 2.29 bits per heavy atom. The van der Waals surface area contributed by atoms with Crippen LogP contribution in [0, 0.1) is 17.0 Å². The topological polar surface area (TPSA) is 69.2 Å². The number of nitro groups is 1. The van der Waals surface area contributed by atoms with Crippen molar-refractivity contribution in [2.75, 3.05) is 6.54 Å². The number of nitro benzene ring substituents is 1. The van der Waals surface area contributed by atoms with Crippen molar-refractivity contribution in [1.29, 1.82) is 0 Å². The summed E-state index contributed by atoms with van der Waals surface area (Å²) in [5.74, 6) is 0. The number of hydrogen-bond donors (Lipinski definition) is 1. The molecule has 1 rings (SSSR count). The summed E-state index contributed by atoms with van der Waals surface area (Å²) in [6.45, 7) is 5.82. The van der Waals surface area contributed by atoms with E-state index in [-0.39, 0.29) is 5.69 Å². The predicted molar refractivity (Wildman–Crippen MR) is 55.9 cm³/mol. The summed E-state index contributed by atoms with van der Waals surface area (Å²) in [5, 5.41) is 10.5. The smallest absolute Gasteiger partial charge is 0.272 e. The molecule has 0 spiro atoms. The number of hydrogen-bond acceptors (Lipinski definition) is 3. The Balaban J connectivity index is 3.12. The molecule has 0 unspecified atom stereocenters. The second-order valence-electron chi connectivity index (χ2n) is 3.07. The van der Waals surface area contributed by atoms with Gasteiger partial charge < -0.3 is 5.73 Å². The monoisotopic (exact) mass is 192 g/mol. The van der Waals surface area contributed by atoms with Gasteiger partial charge in [0.1, 0.15) is 0 Å². The molecule has 0 radical (unpaired) electrons. The molecule has 0 aromatic heterocycles. The molecule has 0 aliphatic heterocycles. The standard InChI is InChI=1S/C10H12N2O2/c1-7-5-9(8(2)6-11)3-4-10(7)12(13)14/h3-5H,2,6,11H2,1H3. The Morgan fingerprint density at radius 1 is 1.64 bits per heavy atom. The summed E-state index contributed by atoms with van der Waals surface area (Å²) >= 11 is 0. The lowest BCUT2D eigenvalue weighted by atomic mass is 10.0. The lowest BCUT2D eigenvalue weighted by molar-refractivity contribution is -0.385. The molecule has 0 amide bonds. The molecule has 0 bridgehead atoms. The summed E-state index contributed by atoms with van der Waals surface area (Å²) < 4.78 is 0. The highest BCUT2D eigenvalue weighted by molar-refractivity contribution is 5.66. The van der Waals surface area contributed by atoms with Crippen molar-refractivity contribution in [1.82, 2.24) is 0 Å². The first-order valence-corrected chi connectivity index (χ1v) is 4.19. The molecule has 1 aromatic carbocycles. The summed E-state index contributed by atoms with van der Waals surface area (Å²) in [6, 6.07) is 4.87. The van der Waals surface area contributed by atoms with Crippen LogP contribution < -0.4 is 5.73 Å². The highest BCUT2D eigenvalue weighted by Gasteiger charge is 2.10. The first kappa shape index (κ1) is 10.4. The van der Waals surface area contributed by atoms with E-state index in [1.165, 1.54) is 6.07 Å². The van der Waals surface area contributed by atoms with Crippen LogP contribution in [0.3, 0.4) is 0 Å². The molecule has 0 atom stereocenters. The van der Waals surface area contributed by atoms with E-state index in [2.05, 4.69) is 6.58 Å². The molecule has 4 nitrogen and oxygen atoms in total. The molecule has 4 heteroatoms.